The lowest BCUT2D eigenvalue weighted by Crippen LogP contribution is -2.23. The number of esters is 1. The maximum absolute atomic E-state index is 12.3. The molecular formula is C17H17NO5S. The zero-order valence-electron chi connectivity index (χ0n) is 13.3. The molecule has 0 saturated heterocycles. The summed E-state index contributed by atoms with van der Waals surface area (Å²) < 4.78 is 31.7. The predicted molar refractivity (Wildman–Crippen MR) is 88.3 cm³/mol. The van der Waals surface area contributed by atoms with E-state index < -0.39 is 16.0 Å². The van der Waals surface area contributed by atoms with Crippen molar-refractivity contribution in [3.8, 4) is 0 Å². The van der Waals surface area contributed by atoms with E-state index in [0.29, 0.717) is 16.7 Å². The summed E-state index contributed by atoms with van der Waals surface area (Å²) in [6.07, 6.45) is 0. The summed E-state index contributed by atoms with van der Waals surface area (Å²) in [5, 5.41) is 0. The van der Waals surface area contributed by atoms with Crippen molar-refractivity contribution in [2.24, 2.45) is 0 Å². The third-order valence-corrected chi connectivity index (χ3v) is 4.79. The Hall–Kier alpha value is -2.51. The maximum Gasteiger partial charge on any atom is 0.337 e. The standard InChI is InChI=1S/C17H17NO5S/c1-12(19)15-4-3-5-16(10-15)24(21,22)18-11-13-6-8-14(9-7-13)17(20)23-2/h3-10,18H,11H2,1-2H3. The lowest BCUT2D eigenvalue weighted by atomic mass is 10.1. The summed E-state index contributed by atoms with van der Waals surface area (Å²) in [5.41, 5.74) is 1.41. The highest BCUT2D eigenvalue weighted by molar-refractivity contribution is 7.89. The highest BCUT2D eigenvalue weighted by Crippen LogP contribution is 2.13. The van der Waals surface area contributed by atoms with Gasteiger partial charge >= 0.3 is 5.97 Å². The minimum absolute atomic E-state index is 0.0291. The number of Topliss-reactive ketones (excluding diaryl/α,β-unsaturated/α-hetero) is 1. The van der Waals surface area contributed by atoms with Crippen molar-refractivity contribution in [2.45, 2.75) is 18.4 Å². The lowest BCUT2D eigenvalue weighted by Gasteiger charge is -2.08. The van der Waals surface area contributed by atoms with E-state index in [9.17, 15) is 18.0 Å². The minimum Gasteiger partial charge on any atom is -0.465 e. The van der Waals surface area contributed by atoms with Crippen molar-refractivity contribution in [3.05, 3.63) is 65.2 Å². The SMILES string of the molecule is COC(=O)c1ccc(CNS(=O)(=O)c2cccc(C(C)=O)c2)cc1. The third-order valence-electron chi connectivity index (χ3n) is 3.39. The number of benzene rings is 2. The summed E-state index contributed by atoms with van der Waals surface area (Å²) in [4.78, 5) is 22.7. The molecule has 0 aliphatic rings. The zero-order chi connectivity index (χ0) is 17.7. The molecule has 0 atom stereocenters. The largest absolute Gasteiger partial charge is 0.465 e. The molecule has 0 aromatic heterocycles. The summed E-state index contributed by atoms with van der Waals surface area (Å²) >= 11 is 0. The second-order valence-corrected chi connectivity index (χ2v) is 6.86. The Morgan fingerprint density at radius 3 is 2.29 bits per heavy atom. The van der Waals surface area contributed by atoms with Gasteiger partial charge in [-0.1, -0.05) is 24.3 Å². The molecule has 2 aromatic carbocycles. The van der Waals surface area contributed by atoms with Crippen LogP contribution in [-0.4, -0.2) is 27.3 Å². The molecule has 0 unspecified atom stereocenters. The van der Waals surface area contributed by atoms with E-state index in [1.807, 2.05) is 0 Å². The third kappa shape index (κ3) is 4.27. The van der Waals surface area contributed by atoms with Crippen LogP contribution in [0.15, 0.2) is 53.4 Å². The molecule has 2 aromatic rings. The average molecular weight is 347 g/mol. The van der Waals surface area contributed by atoms with Gasteiger partial charge in [0.15, 0.2) is 5.78 Å². The molecule has 0 fully saturated rings. The number of ether oxygens (including phenoxy) is 1. The van der Waals surface area contributed by atoms with Crippen LogP contribution in [0.25, 0.3) is 0 Å². The van der Waals surface area contributed by atoms with Gasteiger partial charge < -0.3 is 4.74 Å². The normalized spacial score (nSPS) is 11.1. The molecule has 24 heavy (non-hydrogen) atoms. The first-order valence-corrected chi connectivity index (χ1v) is 8.60. The second-order valence-electron chi connectivity index (χ2n) is 5.10. The molecule has 0 saturated carbocycles. The van der Waals surface area contributed by atoms with Crippen molar-refractivity contribution < 1.29 is 22.7 Å². The summed E-state index contributed by atoms with van der Waals surface area (Å²) in [6, 6.07) is 12.3. The van der Waals surface area contributed by atoms with E-state index in [1.165, 1.54) is 32.2 Å². The van der Waals surface area contributed by atoms with Gasteiger partial charge in [0, 0.05) is 12.1 Å². The quantitative estimate of drug-likeness (QED) is 0.639. The molecular weight excluding hydrogens is 330 g/mol. The van der Waals surface area contributed by atoms with Gasteiger partial charge in [0.05, 0.1) is 17.6 Å². The molecule has 1 N–H and O–H groups in total. The topological polar surface area (TPSA) is 89.5 Å². The van der Waals surface area contributed by atoms with Crippen LogP contribution in [0.3, 0.4) is 0 Å². The molecule has 0 radical (unpaired) electrons. The highest BCUT2D eigenvalue weighted by Gasteiger charge is 2.15. The van der Waals surface area contributed by atoms with Gasteiger partial charge in [0.25, 0.3) is 0 Å². The zero-order valence-corrected chi connectivity index (χ0v) is 14.1. The highest BCUT2D eigenvalue weighted by atomic mass is 32.2. The van der Waals surface area contributed by atoms with Gasteiger partial charge in [-0.2, -0.15) is 0 Å². The number of rotatable bonds is 6. The van der Waals surface area contributed by atoms with E-state index >= 15 is 0 Å². The van der Waals surface area contributed by atoms with E-state index in [-0.39, 0.29) is 17.2 Å². The molecule has 0 amide bonds. The van der Waals surface area contributed by atoms with Crippen LogP contribution in [0.2, 0.25) is 0 Å². The smallest absolute Gasteiger partial charge is 0.337 e. The Morgan fingerprint density at radius 2 is 1.71 bits per heavy atom. The van der Waals surface area contributed by atoms with Crippen molar-refractivity contribution >= 4 is 21.8 Å². The van der Waals surface area contributed by atoms with Crippen molar-refractivity contribution in [1.82, 2.24) is 4.72 Å². The fourth-order valence-electron chi connectivity index (χ4n) is 2.02. The number of nitrogens with one attached hydrogen (secondary N) is 1. The molecule has 0 aliphatic carbocycles. The van der Waals surface area contributed by atoms with Crippen molar-refractivity contribution in [2.75, 3.05) is 7.11 Å². The van der Waals surface area contributed by atoms with Crippen LogP contribution in [-0.2, 0) is 21.3 Å². The van der Waals surface area contributed by atoms with E-state index in [0.717, 1.165) is 0 Å². The predicted octanol–water partition coefficient (Wildman–Crippen LogP) is 2.15. The van der Waals surface area contributed by atoms with E-state index in [4.69, 9.17) is 0 Å². The molecule has 126 valence electrons. The van der Waals surface area contributed by atoms with Crippen LogP contribution in [0.5, 0.6) is 0 Å². The minimum atomic E-state index is -3.74. The van der Waals surface area contributed by atoms with Crippen LogP contribution in [0.1, 0.15) is 33.2 Å². The fraction of sp³-hybridized carbons (Fsp3) is 0.176. The van der Waals surface area contributed by atoms with Crippen molar-refractivity contribution in [1.29, 1.82) is 0 Å². The Bertz CT molecular complexity index is 857. The van der Waals surface area contributed by atoms with Crippen LogP contribution in [0.4, 0.5) is 0 Å². The molecule has 6 nitrogen and oxygen atoms in total. The van der Waals surface area contributed by atoms with E-state index in [1.54, 1.807) is 30.3 Å². The van der Waals surface area contributed by atoms with Gasteiger partial charge in [-0.15, -0.1) is 0 Å². The first-order valence-electron chi connectivity index (χ1n) is 7.11. The number of ketones is 1. The average Bonchev–Trinajstić information content (AvgIpc) is 2.60. The monoisotopic (exact) mass is 347 g/mol. The molecule has 0 aliphatic heterocycles. The van der Waals surface area contributed by atoms with Crippen LogP contribution in [0, 0.1) is 0 Å². The Labute approximate surface area is 140 Å². The summed E-state index contributed by atoms with van der Waals surface area (Å²) in [7, 11) is -2.45. The first-order chi connectivity index (χ1) is 11.3. The number of carbonyl (C=O) groups excluding carboxylic acids is 2. The number of hydrogen-bond acceptors (Lipinski definition) is 5. The summed E-state index contributed by atoms with van der Waals surface area (Å²) in [6.45, 7) is 1.44. The Kier molecular flexibility index (Phi) is 5.48. The Balaban J connectivity index is 2.11. The first kappa shape index (κ1) is 17.8. The second kappa shape index (κ2) is 7.37. The van der Waals surface area contributed by atoms with Gasteiger partial charge in [0.1, 0.15) is 0 Å². The molecule has 0 heterocycles. The molecule has 7 heteroatoms. The molecule has 2 rings (SSSR count). The number of sulfonamides is 1. The summed E-state index contributed by atoms with van der Waals surface area (Å²) in [5.74, 6) is -0.659. The number of carbonyl (C=O) groups is 2. The Morgan fingerprint density at radius 1 is 1.04 bits per heavy atom. The molecule has 0 bridgehead atoms. The van der Waals surface area contributed by atoms with Gasteiger partial charge in [-0.3, -0.25) is 4.79 Å². The van der Waals surface area contributed by atoms with Gasteiger partial charge in [-0.25, -0.2) is 17.9 Å². The lowest BCUT2D eigenvalue weighted by molar-refractivity contribution is 0.0600. The number of hydrogen-bond donors (Lipinski definition) is 1. The van der Waals surface area contributed by atoms with Crippen molar-refractivity contribution in [3.63, 3.8) is 0 Å². The van der Waals surface area contributed by atoms with Gasteiger partial charge in [-0.05, 0) is 36.8 Å². The van der Waals surface area contributed by atoms with E-state index in [2.05, 4.69) is 9.46 Å². The van der Waals surface area contributed by atoms with Gasteiger partial charge in [0.2, 0.25) is 10.0 Å². The number of methoxy groups -OCH3 is 1. The fourth-order valence-corrected chi connectivity index (χ4v) is 3.08. The maximum atomic E-state index is 12.3. The van der Waals surface area contributed by atoms with Crippen LogP contribution < -0.4 is 4.72 Å². The molecule has 0 spiro atoms. The van der Waals surface area contributed by atoms with Crippen LogP contribution >= 0.6 is 0 Å².